The van der Waals surface area contributed by atoms with E-state index >= 15 is 0 Å². The van der Waals surface area contributed by atoms with Crippen molar-refractivity contribution in [1.29, 1.82) is 0 Å². The Hall–Kier alpha value is -0.480. The number of fused-ring (bicyclic) bond motifs is 2. The van der Waals surface area contributed by atoms with Crippen LogP contribution in [0.15, 0.2) is 0 Å². The lowest BCUT2D eigenvalue weighted by Crippen LogP contribution is -2.33. The van der Waals surface area contributed by atoms with Gasteiger partial charge in [0.25, 0.3) is 0 Å². The van der Waals surface area contributed by atoms with Crippen molar-refractivity contribution in [3.63, 3.8) is 0 Å². The van der Waals surface area contributed by atoms with Gasteiger partial charge < -0.3 is 5.73 Å². The predicted molar refractivity (Wildman–Crippen MR) is 59.6 cm³/mol. The van der Waals surface area contributed by atoms with Crippen molar-refractivity contribution in [2.45, 2.75) is 51.5 Å². The lowest BCUT2D eigenvalue weighted by molar-refractivity contribution is 0.274. The fourth-order valence-corrected chi connectivity index (χ4v) is 3.40. The van der Waals surface area contributed by atoms with E-state index in [1.54, 1.807) is 0 Å². The summed E-state index contributed by atoms with van der Waals surface area (Å²) in [5, 5.41) is 0. The zero-order valence-electron chi connectivity index (χ0n) is 9.13. The van der Waals surface area contributed by atoms with Gasteiger partial charge in [0.2, 0.25) is 0 Å². The van der Waals surface area contributed by atoms with Crippen LogP contribution in [0.1, 0.15) is 45.4 Å². The Kier molecular flexibility index (Phi) is 3.13. The first-order valence-corrected chi connectivity index (χ1v) is 5.96. The van der Waals surface area contributed by atoms with Crippen LogP contribution in [-0.4, -0.2) is 6.04 Å². The number of rotatable bonds is 3. The fraction of sp³-hybridized carbons (Fsp3) is 0.846. The monoisotopic (exact) mass is 191 g/mol. The van der Waals surface area contributed by atoms with Gasteiger partial charge in [-0.1, -0.05) is 6.42 Å². The van der Waals surface area contributed by atoms with E-state index in [0.717, 1.165) is 30.6 Å². The fourth-order valence-electron chi connectivity index (χ4n) is 3.40. The summed E-state index contributed by atoms with van der Waals surface area (Å²) in [6.07, 6.45) is 7.90. The molecule has 2 aliphatic carbocycles. The third-order valence-corrected chi connectivity index (χ3v) is 4.12. The Balaban J connectivity index is 1.79. The molecular weight excluding hydrogens is 170 g/mol. The Bertz CT molecular complexity index is 248. The van der Waals surface area contributed by atoms with Crippen LogP contribution < -0.4 is 5.73 Å². The Labute approximate surface area is 87.4 Å². The first-order chi connectivity index (χ1) is 6.81. The topological polar surface area (TPSA) is 26.0 Å². The molecule has 2 aliphatic rings. The minimum atomic E-state index is 0.422. The molecular formula is C13H21N. The van der Waals surface area contributed by atoms with Crippen LogP contribution in [0.25, 0.3) is 0 Å². The highest BCUT2D eigenvalue weighted by Crippen LogP contribution is 2.49. The van der Waals surface area contributed by atoms with E-state index in [-0.39, 0.29) is 0 Å². The molecule has 2 saturated carbocycles. The maximum absolute atomic E-state index is 6.24. The van der Waals surface area contributed by atoms with Crippen molar-refractivity contribution >= 4 is 0 Å². The molecule has 0 aromatic carbocycles. The SMILES string of the molecule is CC#CCCC(N)C1CC2CCC1C2. The smallest absolute Gasteiger partial charge is 0.0103 e. The van der Waals surface area contributed by atoms with Crippen molar-refractivity contribution in [2.24, 2.45) is 23.5 Å². The standard InChI is InChI=1S/C13H21N/c1-2-3-4-5-13(14)12-9-10-6-7-11(12)8-10/h10-13H,4-9,14H2,1H3. The second-order valence-corrected chi connectivity index (χ2v) is 4.97. The van der Waals surface area contributed by atoms with Gasteiger partial charge in [-0.3, -0.25) is 0 Å². The predicted octanol–water partition coefficient (Wildman–Crippen LogP) is 2.55. The Morgan fingerprint density at radius 3 is 2.79 bits per heavy atom. The zero-order chi connectivity index (χ0) is 9.97. The summed E-state index contributed by atoms with van der Waals surface area (Å²) < 4.78 is 0. The molecule has 0 saturated heterocycles. The molecule has 0 aromatic heterocycles. The van der Waals surface area contributed by atoms with Gasteiger partial charge in [0.1, 0.15) is 0 Å². The van der Waals surface area contributed by atoms with Gasteiger partial charge in [-0.2, -0.15) is 0 Å². The van der Waals surface area contributed by atoms with Crippen LogP contribution in [0.3, 0.4) is 0 Å². The zero-order valence-corrected chi connectivity index (χ0v) is 9.13. The summed E-state index contributed by atoms with van der Waals surface area (Å²) in [4.78, 5) is 0. The lowest BCUT2D eigenvalue weighted by atomic mass is 9.82. The van der Waals surface area contributed by atoms with Crippen molar-refractivity contribution in [1.82, 2.24) is 0 Å². The molecule has 0 amide bonds. The normalized spacial score (nSPS) is 36.6. The van der Waals surface area contributed by atoms with Gasteiger partial charge in [-0.05, 0) is 50.4 Å². The van der Waals surface area contributed by atoms with E-state index in [1.807, 2.05) is 6.92 Å². The lowest BCUT2D eigenvalue weighted by Gasteiger charge is -2.27. The average Bonchev–Trinajstić information content (AvgIpc) is 2.79. The average molecular weight is 191 g/mol. The molecule has 2 N–H and O–H groups in total. The molecule has 78 valence electrons. The van der Waals surface area contributed by atoms with Crippen molar-refractivity contribution in [2.75, 3.05) is 0 Å². The first-order valence-electron chi connectivity index (χ1n) is 5.96. The summed E-state index contributed by atoms with van der Waals surface area (Å²) in [7, 11) is 0. The van der Waals surface area contributed by atoms with Gasteiger partial charge in [0.15, 0.2) is 0 Å². The minimum absolute atomic E-state index is 0.422. The summed E-state index contributed by atoms with van der Waals surface area (Å²) >= 11 is 0. The van der Waals surface area contributed by atoms with Crippen molar-refractivity contribution in [3.8, 4) is 11.8 Å². The van der Waals surface area contributed by atoms with Crippen LogP contribution in [0, 0.1) is 29.6 Å². The highest BCUT2D eigenvalue weighted by molar-refractivity contribution is 4.98. The Morgan fingerprint density at radius 1 is 1.36 bits per heavy atom. The summed E-state index contributed by atoms with van der Waals surface area (Å²) in [6, 6.07) is 0.422. The van der Waals surface area contributed by atoms with Gasteiger partial charge in [0.05, 0.1) is 0 Å². The highest BCUT2D eigenvalue weighted by atomic mass is 14.7. The maximum Gasteiger partial charge on any atom is 0.0103 e. The molecule has 2 bridgehead atoms. The van der Waals surface area contributed by atoms with Gasteiger partial charge in [0, 0.05) is 12.5 Å². The second kappa shape index (κ2) is 4.36. The first kappa shape index (κ1) is 10.1. The van der Waals surface area contributed by atoms with E-state index < -0.39 is 0 Å². The molecule has 0 aromatic rings. The van der Waals surface area contributed by atoms with E-state index in [2.05, 4.69) is 11.8 Å². The van der Waals surface area contributed by atoms with Gasteiger partial charge in [-0.15, -0.1) is 11.8 Å². The number of hydrogen-bond donors (Lipinski definition) is 1. The molecule has 1 heteroatoms. The third kappa shape index (κ3) is 1.96. The molecule has 4 atom stereocenters. The Morgan fingerprint density at radius 2 is 2.21 bits per heavy atom. The van der Waals surface area contributed by atoms with Crippen LogP contribution in [0.4, 0.5) is 0 Å². The summed E-state index contributed by atoms with van der Waals surface area (Å²) in [5.74, 6) is 8.87. The molecule has 2 fully saturated rings. The molecule has 0 heterocycles. The van der Waals surface area contributed by atoms with Crippen LogP contribution in [0.5, 0.6) is 0 Å². The number of hydrogen-bond acceptors (Lipinski definition) is 1. The van der Waals surface area contributed by atoms with E-state index in [9.17, 15) is 0 Å². The molecule has 1 nitrogen and oxygen atoms in total. The van der Waals surface area contributed by atoms with Gasteiger partial charge >= 0.3 is 0 Å². The minimum Gasteiger partial charge on any atom is -0.327 e. The highest BCUT2D eigenvalue weighted by Gasteiger charge is 2.41. The molecule has 0 spiro atoms. The maximum atomic E-state index is 6.24. The summed E-state index contributed by atoms with van der Waals surface area (Å²) in [6.45, 7) is 1.91. The largest absolute Gasteiger partial charge is 0.327 e. The van der Waals surface area contributed by atoms with Crippen LogP contribution in [0.2, 0.25) is 0 Å². The molecule has 4 unspecified atom stereocenters. The molecule has 14 heavy (non-hydrogen) atoms. The van der Waals surface area contributed by atoms with Crippen molar-refractivity contribution in [3.05, 3.63) is 0 Å². The second-order valence-electron chi connectivity index (χ2n) is 4.97. The molecule has 0 aliphatic heterocycles. The van der Waals surface area contributed by atoms with Crippen LogP contribution in [-0.2, 0) is 0 Å². The summed E-state index contributed by atoms with van der Waals surface area (Å²) in [5.41, 5.74) is 6.24. The van der Waals surface area contributed by atoms with E-state index in [0.29, 0.717) is 6.04 Å². The van der Waals surface area contributed by atoms with Crippen LogP contribution >= 0.6 is 0 Å². The third-order valence-electron chi connectivity index (χ3n) is 4.12. The van der Waals surface area contributed by atoms with E-state index in [1.165, 1.54) is 25.7 Å². The number of nitrogens with two attached hydrogens (primary N) is 1. The van der Waals surface area contributed by atoms with E-state index in [4.69, 9.17) is 5.73 Å². The van der Waals surface area contributed by atoms with Crippen molar-refractivity contribution < 1.29 is 0 Å². The quantitative estimate of drug-likeness (QED) is 0.682. The molecule has 2 rings (SSSR count). The molecule has 0 radical (unpaired) electrons. The van der Waals surface area contributed by atoms with Gasteiger partial charge in [-0.25, -0.2) is 0 Å².